The number of carbonyl (C=O) groups is 1. The summed E-state index contributed by atoms with van der Waals surface area (Å²) in [5.74, 6) is 2.72. The van der Waals surface area contributed by atoms with Gasteiger partial charge >= 0.3 is 5.97 Å². The van der Waals surface area contributed by atoms with E-state index in [1.54, 1.807) is 13.8 Å². The summed E-state index contributed by atoms with van der Waals surface area (Å²) in [6.07, 6.45) is 0. The molecule has 2 N–H and O–H groups in total. The van der Waals surface area contributed by atoms with Gasteiger partial charge in [0.2, 0.25) is 0 Å². The van der Waals surface area contributed by atoms with Crippen molar-refractivity contribution in [2.75, 3.05) is 23.8 Å². The number of hydrogen-bond acceptors (Lipinski definition) is 7. The molecule has 1 aromatic heterocycles. The average molecular weight is 313 g/mol. The molecule has 0 spiro atoms. The third-order valence-corrected chi connectivity index (χ3v) is 6.14. The van der Waals surface area contributed by atoms with Crippen LogP contribution in [0.1, 0.15) is 41.0 Å². The molecular formula is C13H19N3O2S2. The number of nitrogen functional groups attached to an aromatic ring is 1. The van der Waals surface area contributed by atoms with Crippen molar-refractivity contribution in [1.29, 1.82) is 0 Å². The Labute approximate surface area is 127 Å². The zero-order valence-electron chi connectivity index (χ0n) is 11.9. The van der Waals surface area contributed by atoms with Gasteiger partial charge in [-0.2, -0.15) is 11.8 Å². The molecular weight excluding hydrogens is 294 g/mol. The van der Waals surface area contributed by atoms with E-state index in [2.05, 4.69) is 16.9 Å². The number of anilines is 1. The van der Waals surface area contributed by atoms with E-state index in [-0.39, 0.29) is 16.6 Å². The fraction of sp³-hybridized carbons (Fsp3) is 0.615. The molecule has 0 aromatic carbocycles. The number of carbonyl (C=O) groups excluding carboxylic acids is 1. The molecule has 1 aromatic rings. The van der Waals surface area contributed by atoms with E-state index < -0.39 is 5.97 Å². The van der Waals surface area contributed by atoms with Gasteiger partial charge in [-0.15, -0.1) is 11.8 Å². The van der Waals surface area contributed by atoms with Crippen LogP contribution >= 0.6 is 23.5 Å². The molecule has 2 unspecified atom stereocenters. The maximum absolute atomic E-state index is 11.8. The van der Waals surface area contributed by atoms with Crippen LogP contribution in [0, 0.1) is 6.92 Å². The number of aryl methyl sites for hydroxylation is 1. The van der Waals surface area contributed by atoms with E-state index in [1.807, 2.05) is 23.5 Å². The molecule has 1 saturated heterocycles. The lowest BCUT2D eigenvalue weighted by molar-refractivity contribution is 0.0525. The van der Waals surface area contributed by atoms with E-state index in [4.69, 9.17) is 10.5 Å². The van der Waals surface area contributed by atoms with Crippen molar-refractivity contribution in [3.8, 4) is 0 Å². The summed E-state index contributed by atoms with van der Waals surface area (Å²) in [5, 5.41) is 0.673. The molecule has 0 amide bonds. The summed E-state index contributed by atoms with van der Waals surface area (Å²) >= 11 is 3.77. The van der Waals surface area contributed by atoms with Crippen LogP contribution in [0.4, 0.5) is 5.82 Å². The van der Waals surface area contributed by atoms with Crippen LogP contribution in [-0.2, 0) is 4.74 Å². The van der Waals surface area contributed by atoms with Gasteiger partial charge in [0.25, 0.3) is 0 Å². The molecule has 5 nitrogen and oxygen atoms in total. The lowest BCUT2D eigenvalue weighted by Crippen LogP contribution is -2.21. The highest BCUT2D eigenvalue weighted by Gasteiger charge is 2.28. The summed E-state index contributed by atoms with van der Waals surface area (Å²) in [6.45, 7) is 6.02. The molecule has 1 aliphatic heterocycles. The lowest BCUT2D eigenvalue weighted by atomic mass is 10.2. The van der Waals surface area contributed by atoms with Gasteiger partial charge in [0.15, 0.2) is 0 Å². The van der Waals surface area contributed by atoms with Gasteiger partial charge in [-0.3, -0.25) is 0 Å². The summed E-state index contributed by atoms with van der Waals surface area (Å²) in [7, 11) is 0. The Balaban J connectivity index is 2.32. The van der Waals surface area contributed by atoms with E-state index in [0.717, 1.165) is 17.3 Å². The van der Waals surface area contributed by atoms with Crippen molar-refractivity contribution < 1.29 is 9.53 Å². The Kier molecular flexibility index (Phi) is 5.15. The smallest absolute Gasteiger partial charge is 0.343 e. The fourth-order valence-corrected chi connectivity index (χ4v) is 4.81. The summed E-state index contributed by atoms with van der Waals surface area (Å²) in [4.78, 5) is 20.7. The molecule has 0 radical (unpaired) electrons. The predicted octanol–water partition coefficient (Wildman–Crippen LogP) is 2.45. The van der Waals surface area contributed by atoms with Crippen molar-refractivity contribution in [2.45, 2.75) is 31.3 Å². The number of ether oxygens (including phenoxy) is 1. The number of nitrogens with zero attached hydrogens (tertiary/aromatic N) is 2. The van der Waals surface area contributed by atoms with Gasteiger partial charge in [-0.25, -0.2) is 14.8 Å². The normalized spacial score (nSPS) is 22.6. The Hall–Kier alpha value is -0.950. The largest absolute Gasteiger partial charge is 0.462 e. The SMILES string of the molecule is CCOC(=O)c1c(C)nc(C2SCCSC2C)nc1N. The topological polar surface area (TPSA) is 78.1 Å². The van der Waals surface area contributed by atoms with Crippen molar-refractivity contribution in [1.82, 2.24) is 9.97 Å². The Morgan fingerprint density at radius 1 is 1.40 bits per heavy atom. The van der Waals surface area contributed by atoms with Gasteiger partial charge in [0, 0.05) is 16.8 Å². The third-order valence-electron chi connectivity index (χ3n) is 3.06. The Bertz CT molecular complexity index is 487. The number of nitrogens with two attached hydrogens (primary N) is 1. The molecule has 0 bridgehead atoms. The van der Waals surface area contributed by atoms with Gasteiger partial charge in [0.05, 0.1) is 17.6 Å². The maximum Gasteiger partial charge on any atom is 0.343 e. The Morgan fingerprint density at radius 2 is 2.10 bits per heavy atom. The second kappa shape index (κ2) is 6.67. The predicted molar refractivity (Wildman–Crippen MR) is 84.3 cm³/mol. The van der Waals surface area contributed by atoms with Crippen LogP contribution in [0.2, 0.25) is 0 Å². The molecule has 0 aliphatic carbocycles. The summed E-state index contributed by atoms with van der Waals surface area (Å²) in [5.41, 5.74) is 6.82. The van der Waals surface area contributed by atoms with Gasteiger partial charge in [0.1, 0.15) is 17.2 Å². The second-order valence-corrected chi connectivity index (χ2v) is 7.25. The summed E-state index contributed by atoms with van der Waals surface area (Å²) < 4.78 is 4.99. The highest BCUT2D eigenvalue weighted by Crippen LogP contribution is 2.41. The molecule has 1 fully saturated rings. The molecule has 2 heterocycles. The molecule has 110 valence electrons. The fourth-order valence-electron chi connectivity index (χ4n) is 2.12. The van der Waals surface area contributed by atoms with Gasteiger partial charge in [-0.1, -0.05) is 6.92 Å². The number of hydrogen-bond donors (Lipinski definition) is 1. The average Bonchev–Trinajstić information content (AvgIpc) is 2.38. The molecule has 0 saturated carbocycles. The van der Waals surface area contributed by atoms with Crippen LogP contribution in [0.25, 0.3) is 0 Å². The van der Waals surface area contributed by atoms with E-state index in [0.29, 0.717) is 17.6 Å². The van der Waals surface area contributed by atoms with Crippen LogP contribution < -0.4 is 5.73 Å². The lowest BCUT2D eigenvalue weighted by Gasteiger charge is -2.27. The summed E-state index contributed by atoms with van der Waals surface area (Å²) in [6, 6.07) is 0. The van der Waals surface area contributed by atoms with Crippen LogP contribution in [-0.4, -0.2) is 39.3 Å². The number of aromatic nitrogens is 2. The van der Waals surface area contributed by atoms with Gasteiger partial charge in [-0.05, 0) is 13.8 Å². The number of esters is 1. The van der Waals surface area contributed by atoms with Crippen LogP contribution in [0.5, 0.6) is 0 Å². The number of rotatable bonds is 3. The monoisotopic (exact) mass is 313 g/mol. The second-order valence-electron chi connectivity index (χ2n) is 4.52. The first-order valence-corrected chi connectivity index (χ1v) is 8.68. The zero-order valence-corrected chi connectivity index (χ0v) is 13.5. The van der Waals surface area contributed by atoms with Crippen molar-refractivity contribution in [2.24, 2.45) is 0 Å². The first-order chi connectivity index (χ1) is 9.54. The van der Waals surface area contributed by atoms with E-state index in [1.165, 1.54) is 0 Å². The Morgan fingerprint density at radius 3 is 2.70 bits per heavy atom. The minimum absolute atomic E-state index is 0.217. The quantitative estimate of drug-likeness (QED) is 0.859. The van der Waals surface area contributed by atoms with Crippen molar-refractivity contribution >= 4 is 35.3 Å². The van der Waals surface area contributed by atoms with Crippen molar-refractivity contribution in [3.05, 3.63) is 17.1 Å². The first-order valence-electron chi connectivity index (χ1n) is 6.59. The highest BCUT2D eigenvalue weighted by atomic mass is 32.2. The van der Waals surface area contributed by atoms with Gasteiger partial charge < -0.3 is 10.5 Å². The van der Waals surface area contributed by atoms with Crippen molar-refractivity contribution in [3.63, 3.8) is 0 Å². The minimum atomic E-state index is -0.451. The zero-order chi connectivity index (χ0) is 14.7. The third kappa shape index (κ3) is 3.20. The standard InChI is InChI=1S/C13H19N3O2S2/c1-4-18-13(17)9-7(2)15-12(16-11(9)14)10-8(3)19-5-6-20-10/h8,10H,4-6H2,1-3H3,(H2,14,15,16). The first kappa shape index (κ1) is 15.4. The molecule has 7 heteroatoms. The molecule has 2 atom stereocenters. The molecule has 2 rings (SSSR count). The van der Waals surface area contributed by atoms with Crippen LogP contribution in [0.15, 0.2) is 0 Å². The van der Waals surface area contributed by atoms with E-state index >= 15 is 0 Å². The maximum atomic E-state index is 11.8. The minimum Gasteiger partial charge on any atom is -0.462 e. The molecule has 20 heavy (non-hydrogen) atoms. The van der Waals surface area contributed by atoms with Crippen LogP contribution in [0.3, 0.4) is 0 Å². The highest BCUT2D eigenvalue weighted by molar-refractivity contribution is 8.06. The number of thioether (sulfide) groups is 2. The molecule has 1 aliphatic rings. The van der Waals surface area contributed by atoms with E-state index in [9.17, 15) is 4.79 Å².